The van der Waals surface area contributed by atoms with E-state index in [4.69, 9.17) is 0 Å². The number of nitrogens with one attached hydrogen (secondary N) is 1. The second-order valence-corrected chi connectivity index (χ2v) is 4.58. The predicted octanol–water partition coefficient (Wildman–Crippen LogP) is 1.61. The number of benzene rings is 1. The van der Waals surface area contributed by atoms with Crippen molar-refractivity contribution in [3.63, 3.8) is 0 Å². The van der Waals surface area contributed by atoms with Gasteiger partial charge in [0.2, 0.25) is 0 Å². The molecule has 88 valence electrons. The second-order valence-electron chi connectivity index (χ2n) is 3.87. The van der Waals surface area contributed by atoms with E-state index in [1.54, 1.807) is 25.1 Å². The molecule has 0 amide bonds. The maximum atomic E-state index is 13.6. The van der Waals surface area contributed by atoms with Crippen LogP contribution in [0.4, 0.5) is 8.78 Å². The minimum atomic E-state index is -3.06. The molecule has 3 nitrogen and oxygen atoms in total. The minimum absolute atomic E-state index is 0.400. The van der Waals surface area contributed by atoms with Gasteiger partial charge in [-0.3, -0.25) is 4.21 Å². The van der Waals surface area contributed by atoms with E-state index in [1.807, 2.05) is 4.72 Å². The van der Waals surface area contributed by atoms with E-state index in [1.165, 1.54) is 0 Å². The van der Waals surface area contributed by atoms with Gasteiger partial charge >= 0.3 is 0 Å². The number of aryl methyl sites for hydroxylation is 1. The van der Waals surface area contributed by atoms with Gasteiger partial charge in [-0.2, -0.15) is 0 Å². The van der Waals surface area contributed by atoms with Gasteiger partial charge in [-0.15, -0.1) is 0 Å². The molecule has 6 heteroatoms. The summed E-state index contributed by atoms with van der Waals surface area (Å²) in [5, 5.41) is 0. The van der Waals surface area contributed by atoms with Gasteiger partial charge in [-0.05, 0) is 23.6 Å². The first kappa shape index (κ1) is 11.6. The van der Waals surface area contributed by atoms with E-state index in [2.05, 4.69) is 0 Å². The molecule has 1 aromatic carbocycles. The first-order valence-corrected chi connectivity index (χ1v) is 5.81. The summed E-state index contributed by atoms with van der Waals surface area (Å²) in [5.41, 5.74) is 1.59. The van der Waals surface area contributed by atoms with Gasteiger partial charge in [0, 0.05) is 17.7 Å². The third kappa shape index (κ3) is 1.88. The lowest BCUT2D eigenvalue weighted by Crippen LogP contribution is -2.35. The van der Waals surface area contributed by atoms with Gasteiger partial charge in [0.1, 0.15) is 6.04 Å². The van der Waals surface area contributed by atoms with Crippen LogP contribution in [0.25, 0.3) is 0 Å². The van der Waals surface area contributed by atoms with Gasteiger partial charge in [0.25, 0.3) is 5.92 Å². The average molecular weight is 246 g/mol. The molecule has 0 radical (unpaired) electrons. The molecule has 0 bridgehead atoms. The van der Waals surface area contributed by atoms with E-state index in [-0.39, 0.29) is 0 Å². The zero-order valence-electron chi connectivity index (χ0n) is 8.50. The molecule has 1 N–H and O–H groups in total. The zero-order chi connectivity index (χ0) is 11.9. The van der Waals surface area contributed by atoms with Crippen molar-refractivity contribution in [2.45, 2.75) is 25.3 Å². The number of hydrogen-bond donors (Lipinski definition) is 1. The molecule has 1 aromatic rings. The number of halogens is 2. The smallest absolute Gasteiger partial charge is 0.272 e. The highest BCUT2D eigenvalue weighted by atomic mass is 32.2. The van der Waals surface area contributed by atoms with Crippen molar-refractivity contribution in [2.24, 2.45) is 0 Å². The fourth-order valence-electron chi connectivity index (χ4n) is 2.12. The first-order valence-electron chi connectivity index (χ1n) is 4.73. The van der Waals surface area contributed by atoms with Crippen LogP contribution in [0.3, 0.4) is 0 Å². The average Bonchev–Trinajstić information content (AvgIpc) is 2.38. The van der Waals surface area contributed by atoms with Crippen molar-refractivity contribution in [1.29, 1.82) is 0 Å². The summed E-state index contributed by atoms with van der Waals surface area (Å²) in [6.45, 7) is 1.70. The minimum Gasteiger partial charge on any atom is -0.760 e. The second kappa shape index (κ2) is 3.87. The lowest BCUT2D eigenvalue weighted by Gasteiger charge is -2.23. The molecule has 0 saturated carbocycles. The molecular weight excluding hydrogens is 236 g/mol. The summed E-state index contributed by atoms with van der Waals surface area (Å²) >= 11 is -2.70. The highest BCUT2D eigenvalue weighted by molar-refractivity contribution is 7.77. The highest BCUT2D eigenvalue weighted by Crippen LogP contribution is 2.44. The molecule has 2 atom stereocenters. The monoisotopic (exact) mass is 246 g/mol. The van der Waals surface area contributed by atoms with Crippen molar-refractivity contribution in [1.82, 2.24) is 4.72 Å². The maximum Gasteiger partial charge on any atom is 0.272 e. The van der Waals surface area contributed by atoms with Crippen LogP contribution < -0.4 is 4.72 Å². The standard InChI is InChI=1S/C10H11F2NO2S/c1-6-3-2-4-7-5-10(11,12)9(8(6)7)13-16(14)15/h2-4,9,13H,5H2,1H3,(H,14,15)/p-1/t9-/m0/s1. The Balaban J connectivity index is 2.47. The summed E-state index contributed by atoms with van der Waals surface area (Å²) in [5.74, 6) is -3.06. The summed E-state index contributed by atoms with van der Waals surface area (Å²) in [7, 11) is 0. The van der Waals surface area contributed by atoms with Crippen molar-refractivity contribution in [2.75, 3.05) is 0 Å². The molecule has 1 aliphatic rings. The Morgan fingerprint density at radius 1 is 1.56 bits per heavy atom. The molecule has 16 heavy (non-hydrogen) atoms. The Labute approximate surface area is 94.3 Å². The molecule has 0 spiro atoms. The molecule has 0 aliphatic heterocycles. The number of fused-ring (bicyclic) bond motifs is 1. The highest BCUT2D eigenvalue weighted by Gasteiger charge is 2.48. The Morgan fingerprint density at radius 3 is 2.88 bits per heavy atom. The number of hydrogen-bond acceptors (Lipinski definition) is 2. The van der Waals surface area contributed by atoms with Crippen LogP contribution in [-0.4, -0.2) is 14.7 Å². The fraction of sp³-hybridized carbons (Fsp3) is 0.400. The molecular formula is C10H10F2NO2S-. The van der Waals surface area contributed by atoms with Crippen LogP contribution in [0, 0.1) is 6.92 Å². The SMILES string of the molecule is Cc1cccc2c1[C@H](NS(=O)[O-])C(F)(F)C2. The van der Waals surface area contributed by atoms with Crippen molar-refractivity contribution in [3.8, 4) is 0 Å². The van der Waals surface area contributed by atoms with Crippen LogP contribution >= 0.6 is 0 Å². The lowest BCUT2D eigenvalue weighted by atomic mass is 10.0. The van der Waals surface area contributed by atoms with Crippen LogP contribution in [0.2, 0.25) is 0 Å². The summed E-state index contributed by atoms with van der Waals surface area (Å²) in [6.07, 6.45) is -0.418. The third-order valence-electron chi connectivity index (χ3n) is 2.77. The van der Waals surface area contributed by atoms with E-state index >= 15 is 0 Å². The lowest BCUT2D eigenvalue weighted by molar-refractivity contribution is -0.0190. The summed E-state index contributed by atoms with van der Waals surface area (Å²) < 4.78 is 50.1. The molecule has 0 fully saturated rings. The van der Waals surface area contributed by atoms with Gasteiger partial charge in [-0.1, -0.05) is 18.2 Å². The fourth-order valence-corrected chi connectivity index (χ4v) is 2.60. The van der Waals surface area contributed by atoms with E-state index in [0.717, 1.165) is 0 Å². The topological polar surface area (TPSA) is 52.2 Å². The first-order chi connectivity index (χ1) is 7.42. The molecule has 2 rings (SSSR count). The molecule has 0 aromatic heterocycles. The van der Waals surface area contributed by atoms with Crippen molar-refractivity contribution in [3.05, 3.63) is 34.9 Å². The Kier molecular flexibility index (Phi) is 2.81. The third-order valence-corrected chi connectivity index (χ3v) is 3.19. The normalized spacial score (nSPS) is 24.1. The summed E-state index contributed by atoms with van der Waals surface area (Å²) in [4.78, 5) is 0. The Hall–Kier alpha value is -0.850. The quantitative estimate of drug-likeness (QED) is 0.806. The zero-order valence-corrected chi connectivity index (χ0v) is 9.31. The van der Waals surface area contributed by atoms with Gasteiger partial charge in [0.05, 0.1) is 0 Å². The summed E-state index contributed by atoms with van der Waals surface area (Å²) in [6, 6.07) is 3.55. The molecule has 1 aliphatic carbocycles. The van der Waals surface area contributed by atoms with Gasteiger partial charge < -0.3 is 4.55 Å². The maximum absolute atomic E-state index is 13.6. The van der Waals surface area contributed by atoms with Crippen LogP contribution in [-0.2, 0) is 17.7 Å². The largest absolute Gasteiger partial charge is 0.760 e. The van der Waals surface area contributed by atoms with E-state index in [0.29, 0.717) is 16.7 Å². The predicted molar refractivity (Wildman–Crippen MR) is 54.6 cm³/mol. The Bertz CT molecular complexity index is 450. The Morgan fingerprint density at radius 2 is 2.25 bits per heavy atom. The van der Waals surface area contributed by atoms with Crippen LogP contribution in [0.5, 0.6) is 0 Å². The van der Waals surface area contributed by atoms with Crippen LogP contribution in [0.15, 0.2) is 18.2 Å². The van der Waals surface area contributed by atoms with Gasteiger partial charge in [0.15, 0.2) is 0 Å². The molecule has 0 heterocycles. The van der Waals surface area contributed by atoms with E-state index in [9.17, 15) is 17.5 Å². The molecule has 0 saturated heterocycles. The van der Waals surface area contributed by atoms with Crippen LogP contribution in [0.1, 0.15) is 22.7 Å². The number of alkyl halides is 2. The van der Waals surface area contributed by atoms with Crippen molar-refractivity contribution >= 4 is 11.3 Å². The number of rotatable bonds is 2. The van der Waals surface area contributed by atoms with Crippen molar-refractivity contribution < 1.29 is 17.5 Å². The molecule has 1 unspecified atom stereocenters. The van der Waals surface area contributed by atoms with E-state index < -0.39 is 29.7 Å². The van der Waals surface area contributed by atoms with Gasteiger partial charge in [-0.25, -0.2) is 13.5 Å².